The molecule has 0 radical (unpaired) electrons. The van der Waals surface area contributed by atoms with E-state index in [0.29, 0.717) is 0 Å². The zero-order valence-electron chi connectivity index (χ0n) is 5.01. The van der Waals surface area contributed by atoms with Crippen molar-refractivity contribution in [3.8, 4) is 0 Å². The summed E-state index contributed by atoms with van der Waals surface area (Å²) in [7, 11) is -1.87. The second-order valence-corrected chi connectivity index (χ2v) is 1.39. The molecule has 0 aromatic heterocycles. The van der Waals surface area contributed by atoms with Crippen LogP contribution in [0.1, 0.15) is 10.3 Å². The van der Waals surface area contributed by atoms with Crippen molar-refractivity contribution in [1.82, 2.24) is 0 Å². The van der Waals surface area contributed by atoms with Gasteiger partial charge >= 0.3 is 45.8 Å². The Kier molecular flexibility index (Phi) is 25.0. The molecule has 0 amide bonds. The first-order valence-corrected chi connectivity index (χ1v) is 2.49. The van der Waals surface area contributed by atoms with Gasteiger partial charge in [-0.3, -0.25) is 0 Å². The number of rotatable bonds is 0. The third-order valence-corrected chi connectivity index (χ3v) is 0. The van der Waals surface area contributed by atoms with E-state index in [4.69, 9.17) is 9.46 Å². The third kappa shape index (κ3) is 57.0. The molecule has 0 saturated carbocycles. The van der Waals surface area contributed by atoms with E-state index in [1.165, 1.54) is 6.66 Å². The van der Waals surface area contributed by atoms with Crippen LogP contribution >= 0.6 is 8.03 Å². The van der Waals surface area contributed by atoms with Crippen molar-refractivity contribution in [2.45, 2.75) is 7.43 Å². The summed E-state index contributed by atoms with van der Waals surface area (Å²) in [5.41, 5.74) is 0. The molecule has 2 nitrogen and oxygen atoms in total. The molecule has 0 aromatic rings. The van der Waals surface area contributed by atoms with E-state index in [0.717, 1.165) is 0 Å². The summed E-state index contributed by atoms with van der Waals surface area (Å²) in [5, 5.41) is 0. The number of hydrogen-bond donors (Lipinski definition) is 1. The van der Waals surface area contributed by atoms with Gasteiger partial charge in [0.2, 0.25) is 0 Å². The van der Waals surface area contributed by atoms with Gasteiger partial charge in [0.25, 0.3) is 0 Å². The Balaban J connectivity index is -0.00000000750. The summed E-state index contributed by atoms with van der Waals surface area (Å²) >= 11 is 0. The fraction of sp³-hybridized carbons (Fsp3) is 1.00. The summed E-state index contributed by atoms with van der Waals surface area (Å²) in [6, 6.07) is 0. The van der Waals surface area contributed by atoms with Gasteiger partial charge in [-0.05, 0) is 4.57 Å². The van der Waals surface area contributed by atoms with Gasteiger partial charge in [0.1, 0.15) is 0 Å². The monoisotopic (exact) mass is 137 g/mol. The Morgan fingerprint density at radius 2 is 1.83 bits per heavy atom. The van der Waals surface area contributed by atoms with Crippen molar-refractivity contribution in [1.29, 1.82) is 0 Å². The Morgan fingerprint density at radius 3 is 1.83 bits per heavy atom. The van der Waals surface area contributed by atoms with Crippen molar-refractivity contribution in [3.63, 3.8) is 0 Å². The summed E-state index contributed by atoms with van der Waals surface area (Å²) in [5.74, 6) is 0. The van der Waals surface area contributed by atoms with E-state index in [-0.39, 0.29) is 48.0 Å². The van der Waals surface area contributed by atoms with E-state index in [9.17, 15) is 0 Å². The first-order valence-electron chi connectivity index (χ1n) is 0.830. The van der Waals surface area contributed by atoms with Crippen LogP contribution in [0.3, 0.4) is 0 Å². The van der Waals surface area contributed by atoms with Crippen LogP contribution in [0.15, 0.2) is 0 Å². The van der Waals surface area contributed by atoms with Gasteiger partial charge < -0.3 is 2.85 Å². The number of hydrogen-bond acceptors (Lipinski definition) is 1. The van der Waals surface area contributed by atoms with E-state index in [1.54, 1.807) is 0 Å². The molecule has 1 unspecified atom stereocenters. The predicted octanol–water partition coefficient (Wildman–Crippen LogP) is 0.831. The van der Waals surface area contributed by atoms with E-state index < -0.39 is 8.03 Å². The molecule has 36 valence electrons. The van der Waals surface area contributed by atoms with Gasteiger partial charge in [0.15, 0.2) is 6.66 Å². The largest absolute Gasteiger partial charge is 2.00 e. The molecule has 0 rings (SSSR count). The van der Waals surface area contributed by atoms with E-state index >= 15 is 0 Å². The third-order valence-electron chi connectivity index (χ3n) is 0. The van der Waals surface area contributed by atoms with Crippen molar-refractivity contribution in [2.75, 3.05) is 6.66 Å². The zero-order chi connectivity index (χ0) is 3.58. The maximum atomic E-state index is 9.15. The summed E-state index contributed by atoms with van der Waals surface area (Å²) in [6.45, 7) is 1.23. The average Bonchev–Trinajstić information content (AvgIpc) is 0.811. The van der Waals surface area contributed by atoms with Crippen LogP contribution in [-0.4, -0.2) is 49.3 Å². The molecule has 0 spiro atoms. The van der Waals surface area contributed by atoms with Gasteiger partial charge in [-0.2, -0.15) is 4.89 Å². The minimum Gasteiger partial charge on any atom is -1.00 e. The van der Waals surface area contributed by atoms with E-state index in [2.05, 4.69) is 0 Å². The minimum atomic E-state index is -1.87. The molecule has 0 aliphatic rings. The van der Waals surface area contributed by atoms with Crippen LogP contribution in [0.25, 0.3) is 0 Å². The van der Waals surface area contributed by atoms with Gasteiger partial charge in [-0.1, -0.05) is 7.43 Å². The summed E-state index contributed by atoms with van der Waals surface area (Å²) < 4.78 is 9.15. The molecule has 0 aliphatic carbocycles. The van der Waals surface area contributed by atoms with Crippen molar-refractivity contribution >= 4 is 45.8 Å². The molecule has 0 aromatic carbocycles. The quantitative estimate of drug-likeness (QED) is 0.396. The van der Waals surface area contributed by atoms with Crippen LogP contribution in [0.2, 0.25) is 0 Å². The SMILES string of the molecule is C.C[P+](=O)O.[Ca+2].[H-].[H-]. The normalized spacial score (nSPS) is 7.33. The molecule has 0 bridgehead atoms. The van der Waals surface area contributed by atoms with Crippen LogP contribution in [0, 0.1) is 0 Å². The predicted molar refractivity (Wildman–Crippen MR) is 30.5 cm³/mol. The second-order valence-electron chi connectivity index (χ2n) is 0.464. The second kappa shape index (κ2) is 9.58. The fourth-order valence-electron chi connectivity index (χ4n) is 0. The maximum absolute atomic E-state index is 9.15. The molecule has 0 heterocycles. The Morgan fingerprint density at radius 1 is 1.83 bits per heavy atom. The van der Waals surface area contributed by atoms with Crippen molar-refractivity contribution in [2.24, 2.45) is 0 Å². The van der Waals surface area contributed by atoms with E-state index in [1.807, 2.05) is 0 Å². The smallest absolute Gasteiger partial charge is 1.00 e. The van der Waals surface area contributed by atoms with Gasteiger partial charge in [0, 0.05) is 0 Å². The average molecular weight is 137 g/mol. The summed E-state index contributed by atoms with van der Waals surface area (Å²) in [6.07, 6.45) is 0. The molecule has 6 heavy (non-hydrogen) atoms. The van der Waals surface area contributed by atoms with Crippen LogP contribution in [0.4, 0.5) is 0 Å². The fourth-order valence-corrected chi connectivity index (χ4v) is 0. The Labute approximate surface area is 71.8 Å². The Bertz CT molecular complexity index is 41.0. The maximum Gasteiger partial charge on any atom is 2.00 e. The molecule has 1 atom stereocenters. The molecule has 0 fully saturated rings. The zero-order valence-corrected chi connectivity index (χ0v) is 6.11. The summed E-state index contributed by atoms with van der Waals surface area (Å²) in [4.78, 5) is 7.56. The van der Waals surface area contributed by atoms with Crippen LogP contribution < -0.4 is 0 Å². The van der Waals surface area contributed by atoms with Gasteiger partial charge in [0.05, 0.1) is 0 Å². The van der Waals surface area contributed by atoms with Crippen LogP contribution in [0.5, 0.6) is 0 Å². The van der Waals surface area contributed by atoms with Gasteiger partial charge in [-0.25, -0.2) is 0 Å². The first-order chi connectivity index (χ1) is 1.73. The minimum absolute atomic E-state index is 0. The molecular formula is C2H10CaO2P+. The van der Waals surface area contributed by atoms with Crippen LogP contribution in [-0.2, 0) is 4.57 Å². The first kappa shape index (κ1) is 15.7. The molecule has 4 heteroatoms. The molecule has 0 aliphatic heterocycles. The molecule has 1 N–H and O–H groups in total. The van der Waals surface area contributed by atoms with Crippen molar-refractivity contribution < 1.29 is 12.3 Å². The molecule has 0 saturated heterocycles. The standard InChI is InChI=1S/CH3O2P.CH4.Ca.2H/c1-4(2)3;;;;/h1H3;1H4;;;/q;;+2;2*-1/p+1. The topological polar surface area (TPSA) is 37.3 Å². The Hall–Kier alpha value is 1.32. The molecular weight excluding hydrogens is 127 g/mol. The van der Waals surface area contributed by atoms with Crippen molar-refractivity contribution in [3.05, 3.63) is 0 Å². The van der Waals surface area contributed by atoms with Gasteiger partial charge in [-0.15, -0.1) is 0 Å².